The number of ether oxygens (including phenoxy) is 2. The van der Waals surface area contributed by atoms with Crippen molar-refractivity contribution in [2.45, 2.75) is 6.54 Å². The van der Waals surface area contributed by atoms with Gasteiger partial charge < -0.3 is 20.1 Å². The molecule has 0 atom stereocenters. The van der Waals surface area contributed by atoms with E-state index in [2.05, 4.69) is 20.4 Å². The van der Waals surface area contributed by atoms with Gasteiger partial charge in [0.25, 0.3) is 0 Å². The minimum absolute atomic E-state index is 0.0219. The van der Waals surface area contributed by atoms with Crippen LogP contribution in [0.25, 0.3) is 0 Å². The van der Waals surface area contributed by atoms with Gasteiger partial charge in [-0.05, 0) is 17.7 Å². The molecule has 2 heterocycles. The normalized spacial score (nSPS) is 16.5. The third-order valence-electron chi connectivity index (χ3n) is 5.36. The summed E-state index contributed by atoms with van der Waals surface area (Å²) in [6, 6.07) is 15.3. The molecule has 2 N–H and O–H groups in total. The first-order valence-corrected chi connectivity index (χ1v) is 10.6. The van der Waals surface area contributed by atoms with Crippen LogP contribution in [0.15, 0.2) is 48.5 Å². The fourth-order valence-electron chi connectivity index (χ4n) is 3.69. The zero-order valence-corrected chi connectivity index (χ0v) is 17.5. The van der Waals surface area contributed by atoms with Gasteiger partial charge in [0.05, 0.1) is 13.1 Å². The molecule has 2 amide bonds. The predicted molar refractivity (Wildman–Crippen MR) is 117 cm³/mol. The number of rotatable bonds is 7. The highest BCUT2D eigenvalue weighted by Crippen LogP contribution is 2.32. The number of nitrogens with one attached hydrogen (secondary N) is 2. The Labute approximate surface area is 182 Å². The summed E-state index contributed by atoms with van der Waals surface area (Å²) in [4.78, 5) is 28.8. The van der Waals surface area contributed by atoms with Crippen molar-refractivity contribution in [3.8, 4) is 11.5 Å². The van der Waals surface area contributed by atoms with E-state index in [1.54, 1.807) is 6.07 Å². The lowest BCUT2D eigenvalue weighted by Crippen LogP contribution is -2.50. The summed E-state index contributed by atoms with van der Waals surface area (Å²) < 4.78 is 11.1. The van der Waals surface area contributed by atoms with Crippen LogP contribution in [-0.2, 0) is 16.1 Å². The number of hydrogen-bond acceptors (Lipinski definition) is 6. The summed E-state index contributed by atoms with van der Waals surface area (Å²) in [7, 11) is 0. The van der Waals surface area contributed by atoms with E-state index >= 15 is 0 Å². The molecule has 4 rings (SSSR count). The summed E-state index contributed by atoms with van der Waals surface area (Å²) in [6.07, 6.45) is 0. The lowest BCUT2D eigenvalue weighted by Gasteiger charge is -2.33. The van der Waals surface area contributed by atoms with Crippen LogP contribution >= 0.6 is 0 Å². The summed E-state index contributed by atoms with van der Waals surface area (Å²) >= 11 is 0. The van der Waals surface area contributed by atoms with Gasteiger partial charge in [0.1, 0.15) is 13.2 Å². The van der Waals surface area contributed by atoms with Crippen LogP contribution in [-0.4, -0.2) is 74.1 Å². The predicted octanol–water partition coefficient (Wildman–Crippen LogP) is 1.33. The second-order valence-corrected chi connectivity index (χ2v) is 7.72. The molecular weight excluding hydrogens is 396 g/mol. The number of amides is 2. The van der Waals surface area contributed by atoms with Crippen molar-refractivity contribution in [1.29, 1.82) is 0 Å². The number of piperazine rings is 1. The highest BCUT2D eigenvalue weighted by atomic mass is 16.6. The van der Waals surface area contributed by atoms with Crippen LogP contribution < -0.4 is 20.1 Å². The molecule has 0 aromatic heterocycles. The number of nitrogens with zero attached hydrogens (tertiary/aromatic N) is 2. The zero-order valence-electron chi connectivity index (χ0n) is 17.5. The number of hydrogen-bond donors (Lipinski definition) is 2. The molecule has 8 heteroatoms. The minimum atomic E-state index is -0.0641. The second kappa shape index (κ2) is 10.3. The average molecular weight is 425 g/mol. The van der Waals surface area contributed by atoms with Gasteiger partial charge in [-0.25, -0.2) is 0 Å². The maximum Gasteiger partial charge on any atom is 0.238 e. The van der Waals surface area contributed by atoms with Crippen LogP contribution in [0.1, 0.15) is 5.56 Å². The average Bonchev–Trinajstić information content (AvgIpc) is 2.79. The summed E-state index contributed by atoms with van der Waals surface area (Å²) in [6.45, 7) is 5.32. The van der Waals surface area contributed by atoms with Crippen molar-refractivity contribution >= 4 is 17.5 Å². The number of benzene rings is 2. The largest absolute Gasteiger partial charge is 0.486 e. The van der Waals surface area contributed by atoms with E-state index in [4.69, 9.17) is 9.47 Å². The van der Waals surface area contributed by atoms with Crippen molar-refractivity contribution in [2.24, 2.45) is 0 Å². The molecule has 0 saturated carbocycles. The molecule has 1 fully saturated rings. The Bertz CT molecular complexity index is 898. The van der Waals surface area contributed by atoms with Crippen LogP contribution in [0.3, 0.4) is 0 Å². The Balaban J connectivity index is 1.16. The molecule has 1 saturated heterocycles. The smallest absolute Gasteiger partial charge is 0.238 e. The number of anilines is 1. The highest BCUT2D eigenvalue weighted by molar-refractivity contribution is 5.92. The minimum Gasteiger partial charge on any atom is -0.486 e. The Kier molecular flexibility index (Phi) is 7.01. The van der Waals surface area contributed by atoms with Gasteiger partial charge in [-0.15, -0.1) is 0 Å². The molecule has 2 aromatic rings. The molecule has 0 unspecified atom stereocenters. The lowest BCUT2D eigenvalue weighted by molar-refractivity contribution is -0.123. The van der Waals surface area contributed by atoms with E-state index in [-0.39, 0.29) is 11.8 Å². The summed E-state index contributed by atoms with van der Waals surface area (Å²) in [5.41, 5.74) is 1.78. The van der Waals surface area contributed by atoms with Gasteiger partial charge in [0.15, 0.2) is 11.5 Å². The molecule has 2 aliphatic heterocycles. The highest BCUT2D eigenvalue weighted by Gasteiger charge is 2.21. The van der Waals surface area contributed by atoms with Crippen LogP contribution in [0.5, 0.6) is 11.5 Å². The first-order chi connectivity index (χ1) is 15.2. The van der Waals surface area contributed by atoms with Gasteiger partial charge in [-0.3, -0.25) is 19.4 Å². The molecule has 2 aromatic carbocycles. The number of carbonyl (C=O) groups excluding carboxylic acids is 2. The number of carbonyl (C=O) groups is 2. The molecule has 0 radical (unpaired) electrons. The molecule has 164 valence electrons. The van der Waals surface area contributed by atoms with Crippen LogP contribution in [0, 0.1) is 0 Å². The van der Waals surface area contributed by atoms with Gasteiger partial charge in [0.2, 0.25) is 11.8 Å². The van der Waals surface area contributed by atoms with E-state index in [1.165, 1.54) is 0 Å². The van der Waals surface area contributed by atoms with Crippen molar-refractivity contribution in [2.75, 3.05) is 57.8 Å². The molecular formula is C23H28N4O4. The third-order valence-corrected chi connectivity index (χ3v) is 5.36. The van der Waals surface area contributed by atoms with Crippen molar-refractivity contribution in [3.05, 3.63) is 54.1 Å². The van der Waals surface area contributed by atoms with Crippen LogP contribution in [0.4, 0.5) is 5.69 Å². The maximum absolute atomic E-state index is 12.4. The molecule has 0 bridgehead atoms. The quantitative estimate of drug-likeness (QED) is 0.698. The van der Waals surface area contributed by atoms with Crippen molar-refractivity contribution < 1.29 is 19.1 Å². The molecule has 0 spiro atoms. The molecule has 8 nitrogen and oxygen atoms in total. The first-order valence-electron chi connectivity index (χ1n) is 10.6. The van der Waals surface area contributed by atoms with Gasteiger partial charge in [-0.2, -0.15) is 0 Å². The fraction of sp³-hybridized carbons (Fsp3) is 0.391. The van der Waals surface area contributed by atoms with Crippen LogP contribution in [0.2, 0.25) is 0 Å². The van der Waals surface area contributed by atoms with E-state index in [0.29, 0.717) is 50.0 Å². The Morgan fingerprint density at radius 1 is 0.806 bits per heavy atom. The van der Waals surface area contributed by atoms with E-state index in [0.717, 1.165) is 31.7 Å². The topological polar surface area (TPSA) is 83.1 Å². The van der Waals surface area contributed by atoms with Gasteiger partial charge in [-0.1, -0.05) is 30.3 Å². The summed E-state index contributed by atoms with van der Waals surface area (Å²) in [5, 5.41) is 5.88. The Morgan fingerprint density at radius 3 is 2.16 bits per heavy atom. The van der Waals surface area contributed by atoms with Crippen molar-refractivity contribution in [1.82, 2.24) is 15.1 Å². The molecule has 0 aliphatic carbocycles. The summed E-state index contributed by atoms with van der Waals surface area (Å²) in [5.74, 6) is 1.32. The third kappa shape index (κ3) is 6.19. The Hall–Kier alpha value is -3.10. The number of fused-ring (bicyclic) bond motifs is 1. The zero-order chi connectivity index (χ0) is 21.5. The standard InChI is InChI=1S/C23H28N4O4/c28-22(24-15-18-4-2-1-3-5-18)16-26-8-10-27(11-9-26)17-23(29)25-19-6-7-20-21(14-19)31-13-12-30-20/h1-7,14H,8-13,15-17H2,(H,24,28)(H,25,29). The first kappa shape index (κ1) is 21.1. The van der Waals surface area contributed by atoms with E-state index in [9.17, 15) is 9.59 Å². The molecule has 31 heavy (non-hydrogen) atoms. The van der Waals surface area contributed by atoms with Gasteiger partial charge in [0, 0.05) is 44.5 Å². The lowest BCUT2D eigenvalue weighted by atomic mass is 10.2. The molecule has 2 aliphatic rings. The fourth-order valence-corrected chi connectivity index (χ4v) is 3.69. The SMILES string of the molecule is O=C(CN1CCN(CC(=O)Nc2ccc3c(c2)OCCO3)CC1)NCc1ccccc1. The Morgan fingerprint density at radius 2 is 1.45 bits per heavy atom. The second-order valence-electron chi connectivity index (χ2n) is 7.72. The van der Waals surface area contributed by atoms with Crippen molar-refractivity contribution in [3.63, 3.8) is 0 Å². The maximum atomic E-state index is 12.4. The van der Waals surface area contributed by atoms with E-state index < -0.39 is 0 Å². The van der Waals surface area contributed by atoms with Gasteiger partial charge >= 0.3 is 0 Å². The van der Waals surface area contributed by atoms with E-state index in [1.807, 2.05) is 42.5 Å². The monoisotopic (exact) mass is 424 g/mol.